The highest BCUT2D eigenvalue weighted by atomic mass is 16.5. The number of aromatic nitrogens is 1. The fourth-order valence-electron chi connectivity index (χ4n) is 2.06. The number of ketones is 1. The summed E-state index contributed by atoms with van der Waals surface area (Å²) < 4.78 is 5.07. The molecule has 0 radical (unpaired) electrons. The molecule has 1 aromatic rings. The van der Waals surface area contributed by atoms with Crippen LogP contribution in [0.15, 0.2) is 18.5 Å². The van der Waals surface area contributed by atoms with Crippen molar-refractivity contribution in [2.75, 3.05) is 13.7 Å². The van der Waals surface area contributed by atoms with Gasteiger partial charge >= 0.3 is 0 Å². The summed E-state index contributed by atoms with van der Waals surface area (Å²) in [5.74, 6) is 0.712. The van der Waals surface area contributed by atoms with E-state index in [2.05, 4.69) is 10.3 Å². The minimum Gasteiger partial charge on any atom is -0.495 e. The maximum atomic E-state index is 12.3. The number of hydrogen-bond donors (Lipinski definition) is 1. The van der Waals surface area contributed by atoms with E-state index in [1.54, 1.807) is 25.6 Å². The molecule has 1 N–H and O–H groups in total. The van der Waals surface area contributed by atoms with Crippen LogP contribution in [0.25, 0.3) is 0 Å². The van der Waals surface area contributed by atoms with Crippen molar-refractivity contribution >= 4 is 5.78 Å². The van der Waals surface area contributed by atoms with Crippen LogP contribution in [0, 0.1) is 0 Å². The van der Waals surface area contributed by atoms with Crippen LogP contribution in [0.5, 0.6) is 5.75 Å². The number of carbonyl (C=O) groups excluding carboxylic acids is 1. The molecule has 0 saturated carbocycles. The molecule has 4 nitrogen and oxygen atoms in total. The number of rotatable bonds is 3. The van der Waals surface area contributed by atoms with Gasteiger partial charge in [-0.25, -0.2) is 0 Å². The molecule has 1 unspecified atom stereocenters. The molecule has 0 amide bonds. The van der Waals surface area contributed by atoms with E-state index >= 15 is 0 Å². The minimum absolute atomic E-state index is 0.0939. The van der Waals surface area contributed by atoms with Gasteiger partial charge in [-0.05, 0) is 32.4 Å². The topological polar surface area (TPSA) is 51.2 Å². The van der Waals surface area contributed by atoms with Gasteiger partial charge in [0.25, 0.3) is 0 Å². The number of nitrogens with zero attached hydrogens (tertiary/aromatic N) is 1. The largest absolute Gasteiger partial charge is 0.495 e. The second-order valence-electron chi connectivity index (χ2n) is 4.31. The smallest absolute Gasteiger partial charge is 0.184 e. The fraction of sp³-hybridized carbons (Fsp3) is 0.500. The van der Waals surface area contributed by atoms with E-state index in [1.165, 1.54) is 0 Å². The predicted molar refractivity (Wildman–Crippen MR) is 60.8 cm³/mol. The van der Waals surface area contributed by atoms with Gasteiger partial charge in [-0.2, -0.15) is 0 Å². The van der Waals surface area contributed by atoms with Gasteiger partial charge in [-0.15, -0.1) is 0 Å². The number of nitrogens with one attached hydrogen (secondary N) is 1. The summed E-state index contributed by atoms with van der Waals surface area (Å²) in [5.41, 5.74) is 0.171. The van der Waals surface area contributed by atoms with Gasteiger partial charge in [0, 0.05) is 11.8 Å². The Bertz CT molecular complexity index is 398. The molecule has 16 heavy (non-hydrogen) atoms. The molecule has 2 heterocycles. The summed E-state index contributed by atoms with van der Waals surface area (Å²) in [5, 5.41) is 3.25. The lowest BCUT2D eigenvalue weighted by atomic mass is 9.90. The Labute approximate surface area is 95.0 Å². The Morgan fingerprint density at radius 3 is 3.00 bits per heavy atom. The molecule has 1 aliphatic rings. The van der Waals surface area contributed by atoms with Crippen molar-refractivity contribution < 1.29 is 9.53 Å². The summed E-state index contributed by atoms with van der Waals surface area (Å²) in [6.45, 7) is 2.85. The highest BCUT2D eigenvalue weighted by molar-refractivity contribution is 6.03. The Balaban J connectivity index is 2.26. The lowest BCUT2D eigenvalue weighted by Crippen LogP contribution is -2.44. The highest BCUT2D eigenvalue weighted by Gasteiger charge is 2.36. The van der Waals surface area contributed by atoms with Crippen LogP contribution in [-0.2, 0) is 0 Å². The van der Waals surface area contributed by atoms with Crippen molar-refractivity contribution in [1.82, 2.24) is 10.3 Å². The van der Waals surface area contributed by atoms with Crippen molar-refractivity contribution in [2.24, 2.45) is 0 Å². The summed E-state index contributed by atoms with van der Waals surface area (Å²) in [4.78, 5) is 16.3. The Morgan fingerprint density at radius 2 is 2.38 bits per heavy atom. The maximum Gasteiger partial charge on any atom is 0.184 e. The van der Waals surface area contributed by atoms with Gasteiger partial charge in [0.15, 0.2) is 5.78 Å². The van der Waals surface area contributed by atoms with Crippen molar-refractivity contribution in [2.45, 2.75) is 25.3 Å². The molecule has 1 aliphatic heterocycles. The Hall–Kier alpha value is -1.42. The normalized spacial score (nSPS) is 24.4. The van der Waals surface area contributed by atoms with Crippen molar-refractivity contribution in [3.8, 4) is 5.75 Å². The van der Waals surface area contributed by atoms with Gasteiger partial charge in [0.05, 0.1) is 18.8 Å². The molecule has 0 aliphatic carbocycles. The molecular formula is C12H16N2O2. The second-order valence-corrected chi connectivity index (χ2v) is 4.31. The summed E-state index contributed by atoms with van der Waals surface area (Å²) in [7, 11) is 1.57. The fourth-order valence-corrected chi connectivity index (χ4v) is 2.06. The third kappa shape index (κ3) is 1.93. The summed E-state index contributed by atoms with van der Waals surface area (Å²) in [6, 6.07) is 1.74. The highest BCUT2D eigenvalue weighted by Crippen LogP contribution is 2.24. The lowest BCUT2D eigenvalue weighted by molar-refractivity contribution is 0.0883. The van der Waals surface area contributed by atoms with E-state index in [4.69, 9.17) is 4.74 Å². The number of methoxy groups -OCH3 is 1. The number of ether oxygens (including phenoxy) is 1. The lowest BCUT2D eigenvalue weighted by Gasteiger charge is -2.22. The average molecular weight is 220 g/mol. The third-order valence-corrected chi connectivity index (χ3v) is 3.08. The predicted octanol–water partition coefficient (Wildman–Crippen LogP) is 1.41. The molecule has 2 rings (SSSR count). The monoisotopic (exact) mass is 220 g/mol. The van der Waals surface area contributed by atoms with Crippen LogP contribution in [0.4, 0.5) is 0 Å². The molecule has 1 aromatic heterocycles. The van der Waals surface area contributed by atoms with Crippen LogP contribution >= 0.6 is 0 Å². The van der Waals surface area contributed by atoms with E-state index in [9.17, 15) is 4.79 Å². The van der Waals surface area contributed by atoms with E-state index in [1.807, 2.05) is 6.92 Å². The Kier molecular flexibility index (Phi) is 2.92. The second kappa shape index (κ2) is 4.22. The van der Waals surface area contributed by atoms with Crippen LogP contribution in [0.1, 0.15) is 30.1 Å². The molecular weight excluding hydrogens is 204 g/mol. The Morgan fingerprint density at radius 1 is 1.56 bits per heavy atom. The zero-order valence-corrected chi connectivity index (χ0v) is 9.62. The van der Waals surface area contributed by atoms with E-state index in [0.717, 1.165) is 19.4 Å². The first kappa shape index (κ1) is 11.1. The molecule has 1 fully saturated rings. The zero-order valence-electron chi connectivity index (χ0n) is 9.62. The zero-order chi connectivity index (χ0) is 11.6. The van der Waals surface area contributed by atoms with Gasteiger partial charge in [0.2, 0.25) is 0 Å². The van der Waals surface area contributed by atoms with Crippen molar-refractivity contribution in [3.63, 3.8) is 0 Å². The molecule has 1 atom stereocenters. The minimum atomic E-state index is -0.436. The van der Waals surface area contributed by atoms with Crippen LogP contribution in [0.3, 0.4) is 0 Å². The number of hydrogen-bond acceptors (Lipinski definition) is 4. The molecule has 0 bridgehead atoms. The molecule has 0 spiro atoms. The first-order valence-corrected chi connectivity index (χ1v) is 5.44. The number of carbonyl (C=O) groups is 1. The summed E-state index contributed by atoms with van der Waals surface area (Å²) >= 11 is 0. The average Bonchev–Trinajstić information content (AvgIpc) is 2.76. The van der Waals surface area contributed by atoms with Gasteiger partial charge in [-0.1, -0.05) is 0 Å². The third-order valence-electron chi connectivity index (χ3n) is 3.08. The van der Waals surface area contributed by atoms with Crippen LogP contribution < -0.4 is 10.1 Å². The van der Waals surface area contributed by atoms with E-state index in [-0.39, 0.29) is 5.78 Å². The quantitative estimate of drug-likeness (QED) is 0.783. The van der Waals surface area contributed by atoms with Crippen LogP contribution in [0.2, 0.25) is 0 Å². The SMILES string of the molecule is COc1cncc(C(=O)C2(C)CCCN2)c1. The number of Topliss-reactive ketones (excluding diaryl/α,β-unsaturated/α-hetero) is 1. The molecule has 4 heteroatoms. The summed E-state index contributed by atoms with van der Waals surface area (Å²) in [6.07, 6.45) is 5.11. The van der Waals surface area contributed by atoms with Gasteiger partial charge < -0.3 is 10.1 Å². The standard InChI is InChI=1S/C12H16N2O2/c1-12(4-3-5-14-12)11(15)9-6-10(16-2)8-13-7-9/h6-8,14H,3-5H2,1-2H3. The molecule has 0 aromatic carbocycles. The molecule has 86 valence electrons. The van der Waals surface area contributed by atoms with E-state index in [0.29, 0.717) is 11.3 Å². The first-order valence-electron chi connectivity index (χ1n) is 5.44. The first-order chi connectivity index (χ1) is 7.65. The van der Waals surface area contributed by atoms with Crippen LogP contribution in [-0.4, -0.2) is 30.0 Å². The van der Waals surface area contributed by atoms with Crippen molar-refractivity contribution in [1.29, 1.82) is 0 Å². The molecule has 1 saturated heterocycles. The van der Waals surface area contributed by atoms with Gasteiger partial charge in [-0.3, -0.25) is 9.78 Å². The van der Waals surface area contributed by atoms with Gasteiger partial charge in [0.1, 0.15) is 5.75 Å². The number of pyridine rings is 1. The van der Waals surface area contributed by atoms with E-state index < -0.39 is 5.54 Å². The van der Waals surface area contributed by atoms with Crippen molar-refractivity contribution in [3.05, 3.63) is 24.0 Å². The maximum absolute atomic E-state index is 12.3.